The molecule has 20 heavy (non-hydrogen) atoms. The molecule has 6 nitrogen and oxygen atoms in total. The third-order valence-corrected chi connectivity index (χ3v) is 2.82. The van der Waals surface area contributed by atoms with Crippen molar-refractivity contribution >= 4 is 5.91 Å². The van der Waals surface area contributed by atoms with E-state index in [1.165, 1.54) is 10.9 Å². The van der Waals surface area contributed by atoms with E-state index in [1.54, 1.807) is 0 Å². The van der Waals surface area contributed by atoms with E-state index in [0.717, 1.165) is 18.7 Å². The van der Waals surface area contributed by atoms with E-state index in [-0.39, 0.29) is 17.4 Å². The van der Waals surface area contributed by atoms with Crippen LogP contribution in [-0.2, 0) is 0 Å². The number of amides is 1. The molecule has 0 fully saturated rings. The van der Waals surface area contributed by atoms with Gasteiger partial charge in [-0.2, -0.15) is 5.10 Å². The molecule has 1 heterocycles. The number of rotatable bonds is 6. The lowest BCUT2D eigenvalue weighted by atomic mass is 10.3. The highest BCUT2D eigenvalue weighted by molar-refractivity contribution is 5.94. The zero-order valence-corrected chi connectivity index (χ0v) is 11.3. The van der Waals surface area contributed by atoms with Gasteiger partial charge in [-0.25, -0.2) is 4.68 Å². The molecule has 0 atom stereocenters. The molecule has 0 spiro atoms. The van der Waals surface area contributed by atoms with Gasteiger partial charge < -0.3 is 15.7 Å². The second-order valence-electron chi connectivity index (χ2n) is 4.36. The summed E-state index contributed by atoms with van der Waals surface area (Å²) in [7, 11) is 1.86. The molecule has 0 unspecified atom stereocenters. The van der Waals surface area contributed by atoms with E-state index in [2.05, 4.69) is 15.7 Å². The fraction of sp³-hybridized carbons (Fsp3) is 0.286. The van der Waals surface area contributed by atoms with Gasteiger partial charge in [-0.05, 0) is 32.1 Å². The summed E-state index contributed by atoms with van der Waals surface area (Å²) in [6, 6.07) is 9.32. The van der Waals surface area contributed by atoms with Crippen LogP contribution in [0.5, 0.6) is 5.75 Å². The number of para-hydroxylation sites is 1. The lowest BCUT2D eigenvalue weighted by Gasteiger charge is -2.03. The highest BCUT2D eigenvalue weighted by atomic mass is 16.3. The predicted molar refractivity (Wildman–Crippen MR) is 76.1 cm³/mol. The topological polar surface area (TPSA) is 79.2 Å². The van der Waals surface area contributed by atoms with Crippen LogP contribution in [0.2, 0.25) is 0 Å². The second-order valence-corrected chi connectivity index (χ2v) is 4.36. The van der Waals surface area contributed by atoms with Crippen molar-refractivity contribution in [2.24, 2.45) is 0 Å². The Hall–Kier alpha value is -2.34. The number of nitrogens with one attached hydrogen (secondary N) is 2. The predicted octanol–water partition coefficient (Wildman–Crippen LogP) is 0.917. The van der Waals surface area contributed by atoms with E-state index in [4.69, 9.17) is 0 Å². The van der Waals surface area contributed by atoms with Crippen molar-refractivity contribution in [2.75, 3.05) is 20.1 Å². The van der Waals surface area contributed by atoms with E-state index in [0.29, 0.717) is 6.54 Å². The molecule has 2 rings (SSSR count). The minimum absolute atomic E-state index is 0.0401. The molecule has 0 bridgehead atoms. The summed E-state index contributed by atoms with van der Waals surface area (Å²) in [5.74, 6) is -0.492. The Bertz CT molecular complexity index is 566. The summed E-state index contributed by atoms with van der Waals surface area (Å²) in [5, 5.41) is 19.6. The van der Waals surface area contributed by atoms with Gasteiger partial charge in [-0.15, -0.1) is 0 Å². The summed E-state index contributed by atoms with van der Waals surface area (Å²) in [5.41, 5.74) is 0.829. The number of aromatic hydroxyl groups is 1. The monoisotopic (exact) mass is 274 g/mol. The maximum Gasteiger partial charge on any atom is 0.275 e. The molecule has 0 aliphatic rings. The second kappa shape index (κ2) is 6.72. The summed E-state index contributed by atoms with van der Waals surface area (Å²) >= 11 is 0. The molecule has 0 saturated carbocycles. The molecule has 0 saturated heterocycles. The summed E-state index contributed by atoms with van der Waals surface area (Å²) in [6.07, 6.45) is 2.25. The molecule has 3 N–H and O–H groups in total. The molecule has 0 aliphatic carbocycles. The minimum atomic E-state index is -0.367. The molecule has 6 heteroatoms. The molecule has 1 amide bonds. The van der Waals surface area contributed by atoms with E-state index >= 15 is 0 Å². The molecule has 106 valence electrons. The van der Waals surface area contributed by atoms with Crippen LogP contribution in [0.4, 0.5) is 0 Å². The Balaban J connectivity index is 2.06. The zero-order valence-electron chi connectivity index (χ0n) is 11.3. The van der Waals surface area contributed by atoms with Gasteiger partial charge in [0.25, 0.3) is 5.91 Å². The van der Waals surface area contributed by atoms with Gasteiger partial charge in [-0.3, -0.25) is 4.79 Å². The normalized spacial score (nSPS) is 10.4. The number of hydrogen-bond acceptors (Lipinski definition) is 4. The van der Waals surface area contributed by atoms with Crippen LogP contribution in [0.3, 0.4) is 0 Å². The number of benzene rings is 1. The third kappa shape index (κ3) is 3.36. The average Bonchev–Trinajstić information content (AvgIpc) is 2.86. The molecule has 1 aromatic carbocycles. The smallest absolute Gasteiger partial charge is 0.275 e. The Morgan fingerprint density at radius 3 is 2.75 bits per heavy atom. The Morgan fingerprint density at radius 1 is 1.30 bits per heavy atom. The van der Waals surface area contributed by atoms with Crippen molar-refractivity contribution in [3.05, 3.63) is 42.2 Å². The van der Waals surface area contributed by atoms with E-state index in [9.17, 15) is 9.90 Å². The summed E-state index contributed by atoms with van der Waals surface area (Å²) in [4.78, 5) is 11.9. The highest BCUT2D eigenvalue weighted by Crippen LogP contribution is 2.17. The van der Waals surface area contributed by atoms with Crippen LogP contribution < -0.4 is 10.6 Å². The first-order chi connectivity index (χ1) is 9.72. The fourth-order valence-electron chi connectivity index (χ4n) is 1.79. The van der Waals surface area contributed by atoms with Crippen LogP contribution in [0, 0.1) is 0 Å². The van der Waals surface area contributed by atoms with Crippen molar-refractivity contribution in [3.63, 3.8) is 0 Å². The SMILES string of the molecule is CNCCCNC(=O)c1nn(-c2ccccc2)cc1O. The largest absolute Gasteiger partial charge is 0.504 e. The third-order valence-electron chi connectivity index (χ3n) is 2.82. The Kier molecular flexibility index (Phi) is 4.73. The van der Waals surface area contributed by atoms with E-state index in [1.807, 2.05) is 37.4 Å². The minimum Gasteiger partial charge on any atom is -0.504 e. The standard InChI is InChI=1S/C14H18N4O2/c1-15-8-5-9-16-14(20)13-12(19)10-18(17-13)11-6-3-2-4-7-11/h2-4,6-7,10,15,19H,5,8-9H2,1H3,(H,16,20). The van der Waals surface area contributed by atoms with Crippen LogP contribution in [0.15, 0.2) is 36.5 Å². The molecule has 0 radical (unpaired) electrons. The average molecular weight is 274 g/mol. The number of carbonyl (C=O) groups excluding carboxylic acids is 1. The zero-order chi connectivity index (χ0) is 14.4. The first kappa shape index (κ1) is 14.1. The van der Waals surface area contributed by atoms with Crippen molar-refractivity contribution < 1.29 is 9.90 Å². The van der Waals surface area contributed by atoms with Crippen molar-refractivity contribution in [1.82, 2.24) is 20.4 Å². The Labute approximate surface area is 117 Å². The molecule has 2 aromatic rings. The van der Waals surface area contributed by atoms with Crippen LogP contribution in [0.25, 0.3) is 5.69 Å². The van der Waals surface area contributed by atoms with Crippen LogP contribution in [-0.4, -0.2) is 40.9 Å². The van der Waals surface area contributed by atoms with Crippen molar-refractivity contribution in [3.8, 4) is 11.4 Å². The van der Waals surface area contributed by atoms with Crippen molar-refractivity contribution in [2.45, 2.75) is 6.42 Å². The first-order valence-corrected chi connectivity index (χ1v) is 6.49. The number of aromatic nitrogens is 2. The lowest BCUT2D eigenvalue weighted by Crippen LogP contribution is -2.27. The van der Waals surface area contributed by atoms with Gasteiger partial charge in [0.2, 0.25) is 0 Å². The number of carbonyl (C=O) groups is 1. The summed E-state index contributed by atoms with van der Waals surface area (Å²) < 4.78 is 1.48. The van der Waals surface area contributed by atoms with Gasteiger partial charge >= 0.3 is 0 Å². The number of nitrogens with zero attached hydrogens (tertiary/aromatic N) is 2. The maximum atomic E-state index is 11.9. The van der Waals surface area contributed by atoms with Gasteiger partial charge in [0, 0.05) is 6.54 Å². The quantitative estimate of drug-likeness (QED) is 0.684. The van der Waals surface area contributed by atoms with Crippen LogP contribution in [0.1, 0.15) is 16.9 Å². The molecular formula is C14H18N4O2. The lowest BCUT2D eigenvalue weighted by molar-refractivity contribution is 0.0945. The van der Waals surface area contributed by atoms with Gasteiger partial charge in [-0.1, -0.05) is 18.2 Å². The highest BCUT2D eigenvalue weighted by Gasteiger charge is 2.16. The van der Waals surface area contributed by atoms with Crippen LogP contribution >= 0.6 is 0 Å². The molecular weight excluding hydrogens is 256 g/mol. The fourth-order valence-corrected chi connectivity index (χ4v) is 1.79. The van der Waals surface area contributed by atoms with Gasteiger partial charge in [0.15, 0.2) is 11.4 Å². The van der Waals surface area contributed by atoms with Gasteiger partial charge in [0.1, 0.15) is 0 Å². The number of hydrogen-bond donors (Lipinski definition) is 3. The Morgan fingerprint density at radius 2 is 2.05 bits per heavy atom. The maximum absolute atomic E-state index is 11.9. The molecule has 0 aliphatic heterocycles. The van der Waals surface area contributed by atoms with E-state index < -0.39 is 0 Å². The summed E-state index contributed by atoms with van der Waals surface area (Å²) in [6.45, 7) is 1.36. The van der Waals surface area contributed by atoms with Gasteiger partial charge in [0.05, 0.1) is 11.9 Å². The first-order valence-electron chi connectivity index (χ1n) is 6.49. The van der Waals surface area contributed by atoms with Crippen molar-refractivity contribution in [1.29, 1.82) is 0 Å². The molecule has 1 aromatic heterocycles.